The van der Waals surface area contributed by atoms with Gasteiger partial charge in [-0.2, -0.15) is 0 Å². The van der Waals surface area contributed by atoms with Gasteiger partial charge in [0, 0.05) is 11.6 Å². The van der Waals surface area contributed by atoms with Crippen molar-refractivity contribution in [2.45, 2.75) is 0 Å². The molecule has 0 bridgehead atoms. The Labute approximate surface area is 114 Å². The lowest BCUT2D eigenvalue weighted by atomic mass is 10.0. The molecule has 0 aliphatic rings. The van der Waals surface area contributed by atoms with Crippen molar-refractivity contribution in [3.8, 4) is 22.6 Å². The molecule has 0 aliphatic heterocycles. The molecule has 0 spiro atoms. The molecule has 2 aromatic rings. The van der Waals surface area contributed by atoms with E-state index in [9.17, 15) is 20.0 Å². The van der Waals surface area contributed by atoms with Crippen LogP contribution in [-0.2, 0) is 0 Å². The first-order valence-corrected chi connectivity index (χ1v) is 5.68. The van der Waals surface area contributed by atoms with Crippen LogP contribution in [0, 0.1) is 10.1 Å². The van der Waals surface area contributed by atoms with Crippen molar-refractivity contribution in [2.75, 3.05) is 7.11 Å². The third-order valence-electron chi connectivity index (χ3n) is 2.86. The lowest BCUT2D eigenvalue weighted by Gasteiger charge is -2.09. The normalized spacial score (nSPS) is 10.1. The number of hydrogen-bond acceptors (Lipinski definition) is 5. The van der Waals surface area contributed by atoms with Gasteiger partial charge in [-0.05, 0) is 17.7 Å². The van der Waals surface area contributed by atoms with Crippen LogP contribution in [0.2, 0.25) is 0 Å². The van der Waals surface area contributed by atoms with Crippen molar-refractivity contribution in [3.63, 3.8) is 0 Å². The molecule has 0 unspecified atom stereocenters. The van der Waals surface area contributed by atoms with Crippen LogP contribution in [0.5, 0.6) is 11.5 Å². The van der Waals surface area contributed by atoms with Crippen molar-refractivity contribution < 1.29 is 19.6 Å². The summed E-state index contributed by atoms with van der Waals surface area (Å²) in [6.45, 7) is 0. The first kappa shape index (κ1) is 13.5. The third-order valence-corrected chi connectivity index (χ3v) is 2.86. The smallest absolute Gasteiger partial charge is 0.312 e. The summed E-state index contributed by atoms with van der Waals surface area (Å²) in [6.07, 6.45) is 0.376. The standard InChI is InChI=1S/C14H11NO5/c1-20-13-5-3-2-4-11(13)9-6-10(8-16)14(17)12(7-9)15(18)19/h2-8,17H,1H3. The van der Waals surface area contributed by atoms with E-state index in [0.29, 0.717) is 23.2 Å². The number of nitrogens with zero attached hydrogens (tertiary/aromatic N) is 1. The van der Waals surface area contributed by atoms with Crippen molar-refractivity contribution >= 4 is 12.0 Å². The first-order valence-electron chi connectivity index (χ1n) is 5.68. The number of ether oxygens (including phenoxy) is 1. The van der Waals surface area contributed by atoms with Crippen molar-refractivity contribution in [1.82, 2.24) is 0 Å². The number of aldehydes is 1. The fourth-order valence-corrected chi connectivity index (χ4v) is 1.91. The van der Waals surface area contributed by atoms with Gasteiger partial charge in [-0.1, -0.05) is 18.2 Å². The van der Waals surface area contributed by atoms with Gasteiger partial charge in [0.25, 0.3) is 0 Å². The summed E-state index contributed by atoms with van der Waals surface area (Å²) < 4.78 is 5.18. The van der Waals surface area contributed by atoms with Crippen LogP contribution in [0.25, 0.3) is 11.1 Å². The summed E-state index contributed by atoms with van der Waals surface area (Å²) in [4.78, 5) is 21.1. The minimum absolute atomic E-state index is 0.139. The van der Waals surface area contributed by atoms with Gasteiger partial charge in [-0.15, -0.1) is 0 Å². The highest BCUT2D eigenvalue weighted by Crippen LogP contribution is 2.37. The molecule has 20 heavy (non-hydrogen) atoms. The predicted molar refractivity (Wildman–Crippen MR) is 72.1 cm³/mol. The quantitative estimate of drug-likeness (QED) is 0.525. The molecule has 6 heteroatoms. The lowest BCUT2D eigenvalue weighted by molar-refractivity contribution is -0.385. The molecule has 1 N–H and O–H groups in total. The Morgan fingerprint density at radius 1 is 1.30 bits per heavy atom. The zero-order valence-corrected chi connectivity index (χ0v) is 10.6. The molecule has 0 saturated carbocycles. The van der Waals surface area contributed by atoms with E-state index >= 15 is 0 Å². The Kier molecular flexibility index (Phi) is 3.65. The van der Waals surface area contributed by atoms with Crippen LogP contribution >= 0.6 is 0 Å². The SMILES string of the molecule is COc1ccccc1-c1cc(C=O)c(O)c([N+](=O)[O-])c1. The Morgan fingerprint density at radius 3 is 2.60 bits per heavy atom. The third kappa shape index (κ3) is 2.31. The number of carbonyl (C=O) groups is 1. The highest BCUT2D eigenvalue weighted by Gasteiger charge is 2.20. The molecular formula is C14H11NO5. The van der Waals surface area contributed by atoms with Gasteiger partial charge in [0.15, 0.2) is 6.29 Å². The summed E-state index contributed by atoms with van der Waals surface area (Å²) in [5.41, 5.74) is 0.367. The molecular weight excluding hydrogens is 262 g/mol. The van der Waals surface area contributed by atoms with Crippen LogP contribution in [0.3, 0.4) is 0 Å². The number of phenols is 1. The molecule has 2 rings (SSSR count). The Hall–Kier alpha value is -2.89. The highest BCUT2D eigenvalue weighted by molar-refractivity contribution is 5.87. The van der Waals surface area contributed by atoms with Crippen LogP contribution in [0.4, 0.5) is 5.69 Å². The molecule has 6 nitrogen and oxygen atoms in total. The number of hydrogen-bond donors (Lipinski definition) is 1. The topological polar surface area (TPSA) is 89.7 Å². The molecule has 0 radical (unpaired) electrons. The lowest BCUT2D eigenvalue weighted by Crippen LogP contribution is -1.95. The van der Waals surface area contributed by atoms with Gasteiger partial charge in [-0.3, -0.25) is 14.9 Å². The summed E-state index contributed by atoms with van der Waals surface area (Å²) in [6, 6.07) is 9.51. The zero-order chi connectivity index (χ0) is 14.7. The molecule has 0 aromatic heterocycles. The highest BCUT2D eigenvalue weighted by atomic mass is 16.6. The summed E-state index contributed by atoms with van der Waals surface area (Å²) in [5, 5.41) is 20.6. The van der Waals surface area contributed by atoms with Gasteiger partial charge in [0.1, 0.15) is 5.75 Å². The maximum absolute atomic E-state index is 10.9. The van der Waals surface area contributed by atoms with Gasteiger partial charge in [0.05, 0.1) is 17.6 Å². The Bertz CT molecular complexity index is 681. The monoisotopic (exact) mass is 273 g/mol. The molecule has 0 aliphatic carbocycles. The largest absolute Gasteiger partial charge is 0.502 e. The van der Waals surface area contributed by atoms with E-state index in [1.54, 1.807) is 24.3 Å². The summed E-state index contributed by atoms with van der Waals surface area (Å²) in [5.74, 6) is -0.118. The van der Waals surface area contributed by atoms with E-state index in [4.69, 9.17) is 4.74 Å². The molecule has 0 fully saturated rings. The van der Waals surface area contributed by atoms with Gasteiger partial charge in [-0.25, -0.2) is 0 Å². The molecule has 0 saturated heterocycles. The van der Waals surface area contributed by atoms with E-state index in [-0.39, 0.29) is 5.56 Å². The summed E-state index contributed by atoms with van der Waals surface area (Å²) in [7, 11) is 1.48. The Balaban J connectivity index is 2.71. The van der Waals surface area contributed by atoms with E-state index in [0.717, 1.165) is 0 Å². The fraction of sp³-hybridized carbons (Fsp3) is 0.0714. The van der Waals surface area contributed by atoms with E-state index in [1.807, 2.05) is 0 Å². The van der Waals surface area contributed by atoms with Crippen LogP contribution in [0.1, 0.15) is 10.4 Å². The van der Waals surface area contributed by atoms with Crippen LogP contribution in [-0.4, -0.2) is 23.4 Å². The van der Waals surface area contributed by atoms with E-state index < -0.39 is 16.4 Å². The molecule has 0 heterocycles. The fourth-order valence-electron chi connectivity index (χ4n) is 1.91. The minimum Gasteiger partial charge on any atom is -0.502 e. The number of carbonyl (C=O) groups excluding carboxylic acids is 1. The second kappa shape index (κ2) is 5.40. The Morgan fingerprint density at radius 2 is 2.00 bits per heavy atom. The number of aromatic hydroxyl groups is 1. The average Bonchev–Trinajstić information content (AvgIpc) is 2.47. The van der Waals surface area contributed by atoms with Crippen LogP contribution < -0.4 is 4.74 Å². The number of phenolic OH excluding ortho intramolecular Hbond substituents is 1. The molecule has 102 valence electrons. The van der Waals surface area contributed by atoms with E-state index in [2.05, 4.69) is 0 Å². The van der Waals surface area contributed by atoms with Crippen molar-refractivity contribution in [3.05, 3.63) is 52.1 Å². The molecule has 0 amide bonds. The second-order valence-electron chi connectivity index (χ2n) is 4.01. The van der Waals surface area contributed by atoms with E-state index in [1.165, 1.54) is 19.2 Å². The summed E-state index contributed by atoms with van der Waals surface area (Å²) >= 11 is 0. The predicted octanol–water partition coefficient (Wildman–Crippen LogP) is 2.79. The molecule has 2 aromatic carbocycles. The van der Waals surface area contributed by atoms with Gasteiger partial charge < -0.3 is 9.84 Å². The number of nitro benzene ring substituents is 1. The van der Waals surface area contributed by atoms with Gasteiger partial charge in [0.2, 0.25) is 5.75 Å². The maximum Gasteiger partial charge on any atom is 0.312 e. The maximum atomic E-state index is 10.9. The number of benzene rings is 2. The molecule has 0 atom stereocenters. The second-order valence-corrected chi connectivity index (χ2v) is 4.01. The first-order chi connectivity index (χ1) is 9.58. The minimum atomic E-state index is -0.735. The number of rotatable bonds is 4. The van der Waals surface area contributed by atoms with Crippen molar-refractivity contribution in [1.29, 1.82) is 0 Å². The number of nitro groups is 1. The number of para-hydroxylation sites is 1. The zero-order valence-electron chi connectivity index (χ0n) is 10.6. The van der Waals surface area contributed by atoms with Crippen molar-refractivity contribution in [2.24, 2.45) is 0 Å². The van der Waals surface area contributed by atoms with Gasteiger partial charge >= 0.3 is 5.69 Å². The number of methoxy groups -OCH3 is 1. The van der Waals surface area contributed by atoms with Crippen LogP contribution in [0.15, 0.2) is 36.4 Å². The average molecular weight is 273 g/mol.